The van der Waals surface area contributed by atoms with Crippen LogP contribution in [0.15, 0.2) is 12.2 Å². The molecule has 0 aromatic carbocycles. The molecule has 0 spiro atoms. The predicted molar refractivity (Wildman–Crippen MR) is 83.2 cm³/mol. The zero-order valence-corrected chi connectivity index (χ0v) is 15.5. The summed E-state index contributed by atoms with van der Waals surface area (Å²) in [7, 11) is -2.56. The van der Waals surface area contributed by atoms with E-state index in [9.17, 15) is 9.59 Å². The van der Waals surface area contributed by atoms with Crippen molar-refractivity contribution in [3.63, 3.8) is 0 Å². The minimum atomic E-state index is -2.13. The van der Waals surface area contributed by atoms with Crippen molar-refractivity contribution in [2.24, 2.45) is 0 Å². The van der Waals surface area contributed by atoms with Gasteiger partial charge in [-0.3, -0.25) is 0 Å². The molecule has 0 N–H and O–H groups in total. The lowest BCUT2D eigenvalue weighted by atomic mass is 10.5. The van der Waals surface area contributed by atoms with Crippen LogP contribution in [0.5, 0.6) is 0 Å². The van der Waals surface area contributed by atoms with E-state index in [0.717, 1.165) is 12.2 Å². The molecule has 116 valence electrons. The topological polar surface area (TPSA) is 61.8 Å². The molecule has 1 atom stereocenters. The average Bonchev–Trinajstić information content (AvgIpc) is 2.29. The first-order chi connectivity index (χ1) is 9.01. The molecule has 0 aromatic heterocycles. The molecule has 0 aliphatic rings. The molecule has 0 rings (SSSR count). The third kappa shape index (κ3) is 7.61. The molecule has 5 nitrogen and oxygen atoms in total. The van der Waals surface area contributed by atoms with E-state index >= 15 is 0 Å². The van der Waals surface area contributed by atoms with E-state index in [0.29, 0.717) is 6.42 Å². The molecule has 0 amide bonds. The molecule has 0 aromatic rings. The summed E-state index contributed by atoms with van der Waals surface area (Å²) in [5.74, 6) is -1.12. The highest BCUT2D eigenvalue weighted by atomic mass is 28.4. The zero-order chi connectivity index (χ0) is 16.0. The third-order valence-corrected chi connectivity index (χ3v) is 9.16. The van der Waals surface area contributed by atoms with Crippen LogP contribution in [0.1, 0.15) is 13.3 Å². The van der Waals surface area contributed by atoms with Crippen molar-refractivity contribution in [1.29, 1.82) is 0 Å². The Hall–Kier alpha value is -0.926. The summed E-state index contributed by atoms with van der Waals surface area (Å²) in [6.07, 6.45) is 2.85. The van der Waals surface area contributed by atoms with Crippen molar-refractivity contribution >= 4 is 28.6 Å². The van der Waals surface area contributed by atoms with Gasteiger partial charge in [-0.2, -0.15) is 0 Å². The van der Waals surface area contributed by atoms with E-state index in [-0.39, 0.29) is 5.73 Å². The lowest BCUT2D eigenvalue weighted by molar-refractivity contribution is -0.141. The Bertz CT molecular complexity index is 371. The standard InChI is InChI=1S/C13H26O5Si2/c1-8-13(20(6,7)18-19(3,4)5)17-12(15)10-9-11(14)16-2/h9-10,13H,8H2,1-7H3. The molecule has 0 fully saturated rings. The Balaban J connectivity index is 4.73. The van der Waals surface area contributed by atoms with Crippen LogP contribution in [0.25, 0.3) is 0 Å². The molecule has 0 bridgehead atoms. The summed E-state index contributed by atoms with van der Waals surface area (Å²) in [5, 5.41) is 0. The molecule has 0 aliphatic carbocycles. The lowest BCUT2D eigenvalue weighted by Crippen LogP contribution is -2.52. The summed E-state index contributed by atoms with van der Waals surface area (Å²) in [6, 6.07) is 0. The SMILES string of the molecule is CCC(OC(=O)C=CC(=O)OC)[Si](C)(C)O[Si](C)(C)C. The fourth-order valence-corrected chi connectivity index (χ4v) is 10.2. The highest BCUT2D eigenvalue weighted by molar-refractivity contribution is 6.84. The molecule has 0 saturated carbocycles. The second kappa shape index (κ2) is 7.75. The molecule has 0 heterocycles. The summed E-state index contributed by atoms with van der Waals surface area (Å²) in [4.78, 5) is 22.6. The third-order valence-electron chi connectivity index (χ3n) is 2.53. The summed E-state index contributed by atoms with van der Waals surface area (Å²) in [5.41, 5.74) is -0.232. The number of methoxy groups -OCH3 is 1. The molecule has 0 saturated heterocycles. The van der Waals surface area contributed by atoms with Crippen LogP contribution in [0.4, 0.5) is 0 Å². The van der Waals surface area contributed by atoms with Gasteiger partial charge in [-0.1, -0.05) is 6.92 Å². The van der Waals surface area contributed by atoms with Gasteiger partial charge >= 0.3 is 11.9 Å². The van der Waals surface area contributed by atoms with E-state index in [1.165, 1.54) is 7.11 Å². The van der Waals surface area contributed by atoms with Crippen molar-refractivity contribution in [2.45, 2.75) is 51.8 Å². The highest BCUT2D eigenvalue weighted by Gasteiger charge is 2.39. The van der Waals surface area contributed by atoms with Gasteiger partial charge in [-0.15, -0.1) is 0 Å². The van der Waals surface area contributed by atoms with Crippen molar-refractivity contribution in [3.05, 3.63) is 12.2 Å². The van der Waals surface area contributed by atoms with Gasteiger partial charge in [-0.25, -0.2) is 9.59 Å². The number of carbonyl (C=O) groups excluding carboxylic acids is 2. The number of esters is 2. The Morgan fingerprint density at radius 1 is 1.05 bits per heavy atom. The summed E-state index contributed by atoms with van der Waals surface area (Å²) < 4.78 is 16.1. The quantitative estimate of drug-likeness (QED) is 0.410. The zero-order valence-electron chi connectivity index (χ0n) is 13.5. The molecule has 1 unspecified atom stereocenters. The van der Waals surface area contributed by atoms with Crippen molar-refractivity contribution in [1.82, 2.24) is 0 Å². The Morgan fingerprint density at radius 3 is 1.95 bits per heavy atom. The van der Waals surface area contributed by atoms with E-state index in [1.807, 2.05) is 6.92 Å². The van der Waals surface area contributed by atoms with Crippen LogP contribution >= 0.6 is 0 Å². The number of ether oxygens (including phenoxy) is 2. The molecule has 0 radical (unpaired) electrons. The molecular weight excluding hydrogens is 292 g/mol. The smallest absolute Gasteiger partial charge is 0.331 e. The number of hydrogen-bond acceptors (Lipinski definition) is 5. The second-order valence-corrected chi connectivity index (χ2v) is 14.9. The van der Waals surface area contributed by atoms with E-state index in [1.54, 1.807) is 0 Å². The van der Waals surface area contributed by atoms with Crippen LogP contribution in [0.2, 0.25) is 32.7 Å². The molecular formula is C13H26O5Si2. The van der Waals surface area contributed by atoms with Crippen LogP contribution < -0.4 is 0 Å². The first kappa shape index (κ1) is 19.1. The van der Waals surface area contributed by atoms with Gasteiger partial charge in [0.25, 0.3) is 0 Å². The van der Waals surface area contributed by atoms with Gasteiger partial charge in [0.15, 0.2) is 8.32 Å². The van der Waals surface area contributed by atoms with Crippen molar-refractivity contribution < 1.29 is 23.2 Å². The maximum absolute atomic E-state index is 11.7. The first-order valence-electron chi connectivity index (χ1n) is 6.68. The average molecular weight is 319 g/mol. The minimum absolute atomic E-state index is 0.232. The predicted octanol–water partition coefficient (Wildman–Crippen LogP) is 2.63. The maximum atomic E-state index is 11.7. The van der Waals surface area contributed by atoms with Gasteiger partial charge in [-0.05, 0) is 39.2 Å². The largest absolute Gasteiger partial charge is 0.466 e. The van der Waals surface area contributed by atoms with Crippen molar-refractivity contribution in [2.75, 3.05) is 7.11 Å². The fraction of sp³-hybridized carbons (Fsp3) is 0.692. The van der Waals surface area contributed by atoms with Crippen LogP contribution in [-0.2, 0) is 23.2 Å². The van der Waals surface area contributed by atoms with Gasteiger partial charge in [0.1, 0.15) is 5.73 Å². The molecule has 7 heteroatoms. The second-order valence-electron chi connectivity index (χ2n) is 6.01. The summed E-state index contributed by atoms with van der Waals surface area (Å²) >= 11 is 0. The van der Waals surface area contributed by atoms with Gasteiger partial charge in [0.05, 0.1) is 7.11 Å². The van der Waals surface area contributed by atoms with E-state index in [4.69, 9.17) is 8.85 Å². The van der Waals surface area contributed by atoms with Crippen LogP contribution in [0, 0.1) is 0 Å². The monoisotopic (exact) mass is 318 g/mol. The minimum Gasteiger partial charge on any atom is -0.466 e. The van der Waals surface area contributed by atoms with Crippen LogP contribution in [0.3, 0.4) is 0 Å². The first-order valence-corrected chi connectivity index (χ1v) is 13.1. The Morgan fingerprint density at radius 2 is 1.55 bits per heavy atom. The van der Waals surface area contributed by atoms with E-state index < -0.39 is 28.6 Å². The van der Waals surface area contributed by atoms with Crippen molar-refractivity contribution in [3.8, 4) is 0 Å². The van der Waals surface area contributed by atoms with E-state index in [2.05, 4.69) is 37.5 Å². The van der Waals surface area contributed by atoms with Gasteiger partial charge in [0, 0.05) is 12.2 Å². The Kier molecular flexibility index (Phi) is 7.39. The normalized spacial score (nSPS) is 14.2. The highest BCUT2D eigenvalue weighted by Crippen LogP contribution is 2.22. The lowest BCUT2D eigenvalue weighted by Gasteiger charge is -2.36. The molecule has 20 heavy (non-hydrogen) atoms. The van der Waals surface area contributed by atoms with Crippen LogP contribution in [-0.4, -0.2) is 41.4 Å². The maximum Gasteiger partial charge on any atom is 0.331 e. The summed E-state index contributed by atoms with van der Waals surface area (Å²) in [6.45, 7) is 12.4. The van der Waals surface area contributed by atoms with Gasteiger partial charge in [0.2, 0.25) is 8.32 Å². The number of carbonyl (C=O) groups is 2. The number of rotatable bonds is 7. The van der Waals surface area contributed by atoms with Gasteiger partial charge < -0.3 is 13.6 Å². The molecule has 0 aliphatic heterocycles. The Labute approximate surface area is 123 Å². The fourth-order valence-electron chi connectivity index (χ4n) is 1.96. The number of hydrogen-bond donors (Lipinski definition) is 0.